The van der Waals surface area contributed by atoms with Crippen molar-refractivity contribution in [3.63, 3.8) is 0 Å². The fraction of sp³-hybridized carbons (Fsp3) is 0.708. The monoisotopic (exact) mass is 576 g/mol. The molecule has 1 aromatic carbocycles. The molecule has 1 atom stereocenters. The van der Waals surface area contributed by atoms with Gasteiger partial charge in [0.05, 0.1) is 39.6 Å². The molecule has 0 aliphatic carbocycles. The molecule has 33 heavy (non-hydrogen) atoms. The second kappa shape index (κ2) is 16.5. The van der Waals surface area contributed by atoms with Crippen LogP contribution in [0.5, 0.6) is 5.75 Å². The maximum Gasteiger partial charge on any atom is 0.194 e. The Morgan fingerprint density at radius 2 is 2.03 bits per heavy atom. The lowest BCUT2D eigenvalue weighted by molar-refractivity contribution is 0.0322. The van der Waals surface area contributed by atoms with Gasteiger partial charge in [0.1, 0.15) is 12.4 Å². The number of hydrogen-bond acceptors (Lipinski definition) is 6. The topological polar surface area (TPSA) is 67.8 Å². The Morgan fingerprint density at radius 3 is 2.82 bits per heavy atom. The van der Waals surface area contributed by atoms with Gasteiger partial charge in [0.2, 0.25) is 0 Å². The van der Waals surface area contributed by atoms with Crippen molar-refractivity contribution >= 4 is 29.9 Å². The quantitative estimate of drug-likeness (QED) is 0.178. The Balaban J connectivity index is 0.00000385. The normalized spacial score (nSPS) is 19.4. The van der Waals surface area contributed by atoms with Crippen molar-refractivity contribution in [2.45, 2.75) is 19.9 Å². The van der Waals surface area contributed by atoms with E-state index in [0.29, 0.717) is 32.3 Å². The van der Waals surface area contributed by atoms with E-state index in [1.807, 2.05) is 12.1 Å². The van der Waals surface area contributed by atoms with Crippen LogP contribution in [0.1, 0.15) is 18.9 Å². The highest BCUT2D eigenvalue weighted by Gasteiger charge is 2.25. The predicted molar refractivity (Wildman–Crippen MR) is 142 cm³/mol. The first-order valence-corrected chi connectivity index (χ1v) is 11.9. The number of nitrogens with zero attached hydrogens (tertiary/aromatic N) is 3. The molecule has 2 fully saturated rings. The third-order valence-corrected chi connectivity index (χ3v) is 5.80. The van der Waals surface area contributed by atoms with Crippen LogP contribution in [-0.2, 0) is 20.8 Å². The van der Waals surface area contributed by atoms with Crippen LogP contribution < -0.4 is 10.1 Å². The standard InChI is InChI=1S/C24H40N4O4.HI/c1-3-25-24(28-8-7-22(19-28)20-31-16-15-29-2)26-18-21-5-4-6-23(17-21)32-14-11-27-9-12-30-13-10-27;/h4-6,17,22H,3,7-16,18-20H2,1-2H3,(H,25,26);1H. The molecule has 0 spiro atoms. The van der Waals surface area contributed by atoms with E-state index in [0.717, 1.165) is 82.8 Å². The highest BCUT2D eigenvalue weighted by Crippen LogP contribution is 2.18. The lowest BCUT2D eigenvalue weighted by atomic mass is 10.1. The number of halogens is 1. The highest BCUT2D eigenvalue weighted by molar-refractivity contribution is 14.0. The number of ether oxygens (including phenoxy) is 4. The van der Waals surface area contributed by atoms with Gasteiger partial charge in [-0.1, -0.05) is 12.1 Å². The first-order chi connectivity index (χ1) is 15.8. The number of morpholine rings is 1. The summed E-state index contributed by atoms with van der Waals surface area (Å²) in [7, 11) is 1.70. The molecule has 2 heterocycles. The Hall–Kier alpha value is -1.14. The molecule has 2 saturated heterocycles. The molecule has 2 aliphatic heterocycles. The summed E-state index contributed by atoms with van der Waals surface area (Å²) in [6.07, 6.45) is 1.13. The fourth-order valence-corrected chi connectivity index (χ4v) is 4.00. The van der Waals surface area contributed by atoms with Gasteiger partial charge >= 0.3 is 0 Å². The van der Waals surface area contributed by atoms with Crippen LogP contribution in [0.4, 0.5) is 0 Å². The third kappa shape index (κ3) is 10.3. The summed E-state index contributed by atoms with van der Waals surface area (Å²) >= 11 is 0. The zero-order valence-corrected chi connectivity index (χ0v) is 22.5. The van der Waals surface area contributed by atoms with Gasteiger partial charge in [0, 0.05) is 52.3 Å². The van der Waals surface area contributed by atoms with E-state index in [4.69, 9.17) is 23.9 Å². The van der Waals surface area contributed by atoms with Gasteiger partial charge in [-0.25, -0.2) is 4.99 Å². The van der Waals surface area contributed by atoms with Crippen LogP contribution >= 0.6 is 24.0 Å². The van der Waals surface area contributed by atoms with Gasteiger partial charge in [0.25, 0.3) is 0 Å². The number of likely N-dealkylation sites (tertiary alicyclic amines) is 1. The Kier molecular flexibility index (Phi) is 14.0. The lowest BCUT2D eigenvalue weighted by Crippen LogP contribution is -2.40. The van der Waals surface area contributed by atoms with Crippen LogP contribution in [0.3, 0.4) is 0 Å². The number of aliphatic imine (C=N–C) groups is 1. The molecule has 0 bridgehead atoms. The van der Waals surface area contributed by atoms with E-state index >= 15 is 0 Å². The van der Waals surface area contributed by atoms with E-state index in [1.54, 1.807) is 7.11 Å². The summed E-state index contributed by atoms with van der Waals surface area (Å²) in [6.45, 7) is 12.9. The minimum absolute atomic E-state index is 0. The van der Waals surface area contributed by atoms with E-state index in [1.165, 1.54) is 0 Å². The summed E-state index contributed by atoms with van der Waals surface area (Å²) < 4.78 is 22.2. The summed E-state index contributed by atoms with van der Waals surface area (Å²) in [5, 5.41) is 3.45. The van der Waals surface area contributed by atoms with E-state index in [-0.39, 0.29) is 24.0 Å². The van der Waals surface area contributed by atoms with E-state index < -0.39 is 0 Å². The second-order valence-corrected chi connectivity index (χ2v) is 8.29. The number of hydrogen-bond donors (Lipinski definition) is 1. The lowest BCUT2D eigenvalue weighted by Gasteiger charge is -2.26. The minimum Gasteiger partial charge on any atom is -0.492 e. The summed E-state index contributed by atoms with van der Waals surface area (Å²) in [5.74, 6) is 2.43. The van der Waals surface area contributed by atoms with Crippen molar-refractivity contribution in [2.75, 3.05) is 86.0 Å². The van der Waals surface area contributed by atoms with Crippen molar-refractivity contribution < 1.29 is 18.9 Å². The van der Waals surface area contributed by atoms with E-state index in [9.17, 15) is 0 Å². The first kappa shape index (κ1) is 28.1. The average molecular weight is 577 g/mol. The van der Waals surface area contributed by atoms with Crippen molar-refractivity contribution in [3.05, 3.63) is 29.8 Å². The molecular formula is C24H41IN4O4. The molecule has 3 rings (SSSR count). The smallest absolute Gasteiger partial charge is 0.194 e. The highest BCUT2D eigenvalue weighted by atomic mass is 127. The van der Waals surface area contributed by atoms with Crippen molar-refractivity contribution in [2.24, 2.45) is 10.9 Å². The molecule has 1 N–H and O–H groups in total. The van der Waals surface area contributed by atoms with Gasteiger partial charge in [0.15, 0.2) is 5.96 Å². The van der Waals surface area contributed by atoms with Crippen LogP contribution in [0, 0.1) is 5.92 Å². The van der Waals surface area contributed by atoms with Crippen molar-refractivity contribution in [1.29, 1.82) is 0 Å². The summed E-state index contributed by atoms with van der Waals surface area (Å²) in [5.41, 5.74) is 1.16. The fourth-order valence-electron chi connectivity index (χ4n) is 4.00. The zero-order chi connectivity index (χ0) is 22.4. The molecule has 0 saturated carbocycles. The van der Waals surface area contributed by atoms with Crippen LogP contribution in [0.25, 0.3) is 0 Å². The number of guanidine groups is 1. The van der Waals surface area contributed by atoms with Gasteiger partial charge in [-0.3, -0.25) is 4.90 Å². The first-order valence-electron chi connectivity index (χ1n) is 11.9. The maximum atomic E-state index is 5.99. The zero-order valence-electron chi connectivity index (χ0n) is 20.2. The second-order valence-electron chi connectivity index (χ2n) is 8.29. The Morgan fingerprint density at radius 1 is 1.18 bits per heavy atom. The van der Waals surface area contributed by atoms with Crippen molar-refractivity contribution in [1.82, 2.24) is 15.1 Å². The number of rotatable bonds is 12. The SMILES string of the molecule is CCNC(=NCc1cccc(OCCN2CCOCC2)c1)N1CCC(COCCOC)C1.I. The Labute approximate surface area is 216 Å². The number of benzene rings is 1. The van der Waals surface area contributed by atoms with Crippen molar-refractivity contribution in [3.8, 4) is 5.75 Å². The molecule has 1 unspecified atom stereocenters. The van der Waals surface area contributed by atoms with Crippen LogP contribution in [0.15, 0.2) is 29.3 Å². The molecule has 8 nitrogen and oxygen atoms in total. The molecular weight excluding hydrogens is 535 g/mol. The van der Waals surface area contributed by atoms with Gasteiger partial charge < -0.3 is 29.2 Å². The van der Waals surface area contributed by atoms with Gasteiger partial charge in [-0.2, -0.15) is 0 Å². The number of methoxy groups -OCH3 is 1. The molecule has 0 aromatic heterocycles. The van der Waals surface area contributed by atoms with Crippen LogP contribution in [-0.4, -0.2) is 102 Å². The number of nitrogens with one attached hydrogen (secondary N) is 1. The molecule has 188 valence electrons. The summed E-state index contributed by atoms with van der Waals surface area (Å²) in [4.78, 5) is 9.62. The molecule has 9 heteroatoms. The maximum absolute atomic E-state index is 5.99. The van der Waals surface area contributed by atoms with Gasteiger partial charge in [-0.15, -0.1) is 24.0 Å². The van der Waals surface area contributed by atoms with E-state index in [2.05, 4.69) is 34.2 Å². The Bertz CT molecular complexity index is 688. The molecule has 2 aliphatic rings. The minimum atomic E-state index is 0. The molecule has 0 radical (unpaired) electrons. The predicted octanol–water partition coefficient (Wildman–Crippen LogP) is 2.47. The van der Waals surface area contributed by atoms with Gasteiger partial charge in [-0.05, 0) is 31.0 Å². The third-order valence-electron chi connectivity index (χ3n) is 5.80. The largest absolute Gasteiger partial charge is 0.492 e. The van der Waals surface area contributed by atoms with Crippen LogP contribution in [0.2, 0.25) is 0 Å². The average Bonchev–Trinajstić information content (AvgIpc) is 3.29. The molecule has 1 aromatic rings. The summed E-state index contributed by atoms with van der Waals surface area (Å²) in [6, 6.07) is 8.28. The molecule has 0 amide bonds.